The molecular weight excluding hydrogens is 492 g/mol. The van der Waals surface area contributed by atoms with Crippen molar-refractivity contribution >= 4 is 22.7 Å². The molecular formula is C35H38N4O. The van der Waals surface area contributed by atoms with Gasteiger partial charge in [0.15, 0.2) is 0 Å². The zero-order valence-corrected chi connectivity index (χ0v) is 23.5. The Morgan fingerprint density at radius 2 is 1.82 bits per heavy atom. The highest BCUT2D eigenvalue weighted by atomic mass is 16.3. The van der Waals surface area contributed by atoms with Crippen molar-refractivity contribution in [3.05, 3.63) is 131 Å². The maximum absolute atomic E-state index is 6.45. The van der Waals surface area contributed by atoms with E-state index in [9.17, 15) is 0 Å². The Balaban J connectivity index is 1.67. The van der Waals surface area contributed by atoms with Gasteiger partial charge >= 0.3 is 0 Å². The third kappa shape index (κ3) is 4.95. The second kappa shape index (κ2) is 11.5. The van der Waals surface area contributed by atoms with Gasteiger partial charge in [-0.1, -0.05) is 97.6 Å². The second-order valence-electron chi connectivity index (χ2n) is 10.5. The summed E-state index contributed by atoms with van der Waals surface area (Å²) in [5, 5.41) is 1.16. The number of aryl methyl sites for hydroxylation is 1. The number of benzene rings is 3. The minimum absolute atomic E-state index is 0.0633. The molecule has 0 aliphatic heterocycles. The van der Waals surface area contributed by atoms with Gasteiger partial charge in [-0.15, -0.1) is 0 Å². The van der Waals surface area contributed by atoms with Crippen molar-refractivity contribution in [2.45, 2.75) is 45.1 Å². The first-order chi connectivity index (χ1) is 19.4. The van der Waals surface area contributed by atoms with Crippen molar-refractivity contribution in [2.75, 3.05) is 0 Å². The molecule has 40 heavy (non-hydrogen) atoms. The second-order valence-corrected chi connectivity index (χ2v) is 10.5. The molecule has 1 aliphatic carbocycles. The lowest BCUT2D eigenvalue weighted by Crippen LogP contribution is -2.34. The molecule has 4 aromatic rings. The SMILES string of the molecule is C=C/C(=C\C(C)(c1ccc(/C(=C/C)NN)cc1)c1cccc(-c2cccc3c4c(oc23)CCC=C4)c1)C(C)NN. The maximum atomic E-state index is 6.45. The number of allylic oxidation sites excluding steroid dienone is 3. The normalized spacial score (nSPS) is 15.9. The monoisotopic (exact) mass is 530 g/mol. The number of hydrogen-bond acceptors (Lipinski definition) is 5. The molecule has 2 unspecified atom stereocenters. The molecule has 0 saturated carbocycles. The Bertz CT molecular complexity index is 1620. The largest absolute Gasteiger partial charge is 0.460 e. The van der Waals surface area contributed by atoms with Gasteiger partial charge in [0.05, 0.1) is 5.70 Å². The van der Waals surface area contributed by atoms with Crippen LogP contribution in [0.5, 0.6) is 0 Å². The molecule has 3 aromatic carbocycles. The van der Waals surface area contributed by atoms with Crippen LogP contribution in [0.4, 0.5) is 0 Å². The van der Waals surface area contributed by atoms with Gasteiger partial charge in [-0.25, -0.2) is 0 Å². The minimum Gasteiger partial charge on any atom is -0.460 e. The molecule has 0 bridgehead atoms. The Kier molecular flexibility index (Phi) is 7.90. The minimum atomic E-state index is -0.478. The summed E-state index contributed by atoms with van der Waals surface area (Å²) in [4.78, 5) is 0. The summed E-state index contributed by atoms with van der Waals surface area (Å²) in [6, 6.07) is 23.6. The van der Waals surface area contributed by atoms with Crippen molar-refractivity contribution in [3.63, 3.8) is 0 Å². The standard InChI is InChI=1S/C35H38N4O/c1-5-24(23(3)38-36)22-35(4,27-19-17-25(18-20-27)32(6-2)39-37)28-12-9-11-26(21-28)29-14-10-15-31-30-13-7-8-16-33(30)40-34(29)31/h5-7,9-15,17-23,38-39H,1,8,16,36-37H2,2-4H3/b24-22+,32-6-. The van der Waals surface area contributed by atoms with Crippen LogP contribution in [0.2, 0.25) is 0 Å². The molecule has 0 fully saturated rings. The summed E-state index contributed by atoms with van der Waals surface area (Å²) >= 11 is 0. The fourth-order valence-corrected chi connectivity index (χ4v) is 5.66. The molecule has 5 heteroatoms. The van der Waals surface area contributed by atoms with Crippen LogP contribution in [0.25, 0.3) is 33.9 Å². The van der Waals surface area contributed by atoms with Crippen molar-refractivity contribution < 1.29 is 4.42 Å². The lowest BCUT2D eigenvalue weighted by atomic mass is 9.73. The summed E-state index contributed by atoms with van der Waals surface area (Å²) in [6.07, 6.45) is 12.5. The Morgan fingerprint density at radius 1 is 1.05 bits per heavy atom. The number of nitrogens with one attached hydrogen (secondary N) is 2. The van der Waals surface area contributed by atoms with Crippen LogP contribution in [0.15, 0.2) is 108 Å². The third-order valence-corrected chi connectivity index (χ3v) is 8.11. The predicted octanol–water partition coefficient (Wildman–Crippen LogP) is 7.15. The molecule has 5 nitrogen and oxygen atoms in total. The first-order valence-corrected chi connectivity index (χ1v) is 13.8. The molecule has 0 spiro atoms. The first kappa shape index (κ1) is 27.4. The fourth-order valence-electron chi connectivity index (χ4n) is 5.66. The highest BCUT2D eigenvalue weighted by Gasteiger charge is 2.29. The van der Waals surface area contributed by atoms with Crippen LogP contribution < -0.4 is 22.5 Å². The van der Waals surface area contributed by atoms with Gasteiger partial charge in [0.1, 0.15) is 11.3 Å². The van der Waals surface area contributed by atoms with Crippen molar-refractivity contribution in [1.29, 1.82) is 0 Å². The smallest absolute Gasteiger partial charge is 0.142 e. The van der Waals surface area contributed by atoms with E-state index in [1.807, 2.05) is 26.0 Å². The highest BCUT2D eigenvalue weighted by Crippen LogP contribution is 2.40. The van der Waals surface area contributed by atoms with E-state index < -0.39 is 5.41 Å². The molecule has 0 saturated heterocycles. The molecule has 5 rings (SSSR count). The number of para-hydroxylation sites is 1. The Hall–Kier alpha value is -4.16. The number of furan rings is 1. The van der Waals surface area contributed by atoms with Gasteiger partial charge in [0.2, 0.25) is 0 Å². The van der Waals surface area contributed by atoms with Crippen LogP contribution in [-0.4, -0.2) is 6.04 Å². The summed E-state index contributed by atoms with van der Waals surface area (Å²) in [7, 11) is 0. The zero-order valence-electron chi connectivity index (χ0n) is 23.5. The van der Waals surface area contributed by atoms with Crippen molar-refractivity contribution in [2.24, 2.45) is 11.7 Å². The fraction of sp³-hybridized carbons (Fsp3) is 0.200. The summed E-state index contributed by atoms with van der Waals surface area (Å²) in [6.45, 7) is 10.3. The molecule has 1 heterocycles. The molecule has 0 amide bonds. The Labute approximate surface area is 236 Å². The first-order valence-electron chi connectivity index (χ1n) is 13.8. The quantitative estimate of drug-likeness (QED) is 0.105. The lowest BCUT2D eigenvalue weighted by Gasteiger charge is -2.30. The van der Waals surface area contributed by atoms with E-state index in [0.29, 0.717) is 0 Å². The molecule has 1 aliphatic rings. The van der Waals surface area contributed by atoms with E-state index in [-0.39, 0.29) is 6.04 Å². The van der Waals surface area contributed by atoms with Crippen LogP contribution in [0, 0.1) is 0 Å². The van der Waals surface area contributed by atoms with Crippen LogP contribution in [0.3, 0.4) is 0 Å². The van der Waals surface area contributed by atoms with Gasteiger partial charge in [-0.2, -0.15) is 0 Å². The predicted molar refractivity (Wildman–Crippen MR) is 168 cm³/mol. The number of hydrazine groups is 2. The average Bonchev–Trinajstić information content (AvgIpc) is 3.39. The zero-order chi connectivity index (χ0) is 28.3. The third-order valence-electron chi connectivity index (χ3n) is 8.11. The molecule has 6 N–H and O–H groups in total. The average molecular weight is 531 g/mol. The van der Waals surface area contributed by atoms with Crippen LogP contribution in [-0.2, 0) is 11.8 Å². The number of rotatable bonds is 9. The van der Waals surface area contributed by atoms with E-state index in [1.54, 1.807) is 0 Å². The van der Waals surface area contributed by atoms with E-state index in [2.05, 4.69) is 109 Å². The van der Waals surface area contributed by atoms with E-state index in [0.717, 1.165) is 68.7 Å². The topological polar surface area (TPSA) is 89.2 Å². The molecule has 204 valence electrons. The van der Waals surface area contributed by atoms with Gasteiger partial charge in [0.25, 0.3) is 0 Å². The van der Waals surface area contributed by atoms with E-state index in [4.69, 9.17) is 16.1 Å². The molecule has 2 atom stereocenters. The highest BCUT2D eigenvalue weighted by molar-refractivity contribution is 5.98. The van der Waals surface area contributed by atoms with Gasteiger partial charge in [-0.3, -0.25) is 17.1 Å². The number of nitrogens with two attached hydrogens (primary N) is 2. The van der Waals surface area contributed by atoms with Gasteiger partial charge < -0.3 is 9.84 Å². The summed E-state index contributed by atoms with van der Waals surface area (Å²) in [5.41, 5.74) is 14.7. The van der Waals surface area contributed by atoms with Crippen molar-refractivity contribution in [3.8, 4) is 11.1 Å². The number of hydrogen-bond donors (Lipinski definition) is 4. The lowest BCUT2D eigenvalue weighted by molar-refractivity contribution is 0.547. The summed E-state index contributed by atoms with van der Waals surface area (Å²) in [5.74, 6) is 12.7. The van der Waals surface area contributed by atoms with Crippen LogP contribution >= 0.6 is 0 Å². The maximum Gasteiger partial charge on any atom is 0.142 e. The molecule has 1 aromatic heterocycles. The Morgan fingerprint density at radius 3 is 2.52 bits per heavy atom. The van der Waals surface area contributed by atoms with Crippen molar-refractivity contribution in [1.82, 2.24) is 10.9 Å². The summed E-state index contributed by atoms with van der Waals surface area (Å²) < 4.78 is 6.45. The van der Waals surface area contributed by atoms with Crippen LogP contribution in [0.1, 0.15) is 55.2 Å². The molecule has 0 radical (unpaired) electrons. The van der Waals surface area contributed by atoms with E-state index >= 15 is 0 Å². The van der Waals surface area contributed by atoms with E-state index in [1.165, 1.54) is 5.56 Å². The number of fused-ring (bicyclic) bond motifs is 3. The van der Waals surface area contributed by atoms with Gasteiger partial charge in [0, 0.05) is 34.4 Å². The van der Waals surface area contributed by atoms with Gasteiger partial charge in [-0.05, 0) is 61.1 Å².